The lowest BCUT2D eigenvalue weighted by Crippen LogP contribution is -2.12. The molecule has 0 aliphatic carbocycles. The zero-order valence-electron chi connectivity index (χ0n) is 15.1. The van der Waals surface area contributed by atoms with Crippen molar-refractivity contribution in [1.29, 1.82) is 0 Å². The first kappa shape index (κ1) is 17.6. The third kappa shape index (κ3) is 3.88. The van der Waals surface area contributed by atoms with E-state index in [-0.39, 0.29) is 0 Å². The van der Waals surface area contributed by atoms with Crippen molar-refractivity contribution in [3.05, 3.63) is 89.0 Å². The number of benzene rings is 1. The zero-order valence-corrected chi connectivity index (χ0v) is 15.1. The number of esters is 1. The summed E-state index contributed by atoms with van der Waals surface area (Å²) in [6, 6.07) is 15.2. The van der Waals surface area contributed by atoms with Gasteiger partial charge in [0, 0.05) is 30.6 Å². The lowest BCUT2D eigenvalue weighted by Gasteiger charge is -2.16. The van der Waals surface area contributed by atoms with Gasteiger partial charge in [0.1, 0.15) is 0 Å². The van der Waals surface area contributed by atoms with Crippen molar-refractivity contribution in [2.24, 2.45) is 7.05 Å². The molecule has 0 unspecified atom stereocenters. The molecule has 0 saturated carbocycles. The van der Waals surface area contributed by atoms with E-state index in [1.54, 1.807) is 17.0 Å². The lowest BCUT2D eigenvalue weighted by molar-refractivity contribution is -0.141. The number of ether oxygens (including phenoxy) is 1. The monoisotopic (exact) mass is 347 g/mol. The maximum atomic E-state index is 12.4. The first-order valence-electron chi connectivity index (χ1n) is 8.41. The first-order chi connectivity index (χ1) is 12.6. The summed E-state index contributed by atoms with van der Waals surface area (Å²) in [5.74, 6) is -0.424. The van der Waals surface area contributed by atoms with E-state index in [0.717, 1.165) is 22.5 Å². The van der Waals surface area contributed by atoms with Crippen LogP contribution in [0.3, 0.4) is 0 Å². The summed E-state index contributed by atoms with van der Waals surface area (Å²) in [5, 5.41) is 4.35. The van der Waals surface area contributed by atoms with Crippen LogP contribution in [0.15, 0.2) is 60.8 Å². The number of aryl methyl sites for hydroxylation is 2. The Balaban J connectivity index is 1.83. The maximum absolute atomic E-state index is 12.4. The highest BCUT2D eigenvalue weighted by Crippen LogP contribution is 2.24. The summed E-state index contributed by atoms with van der Waals surface area (Å²) < 4.78 is 7.51. The largest absolute Gasteiger partial charge is 0.448 e. The minimum Gasteiger partial charge on any atom is -0.448 e. The lowest BCUT2D eigenvalue weighted by atomic mass is 10.1. The number of rotatable bonds is 5. The van der Waals surface area contributed by atoms with Gasteiger partial charge in [-0.15, -0.1) is 0 Å². The third-order valence-electron chi connectivity index (χ3n) is 4.24. The summed E-state index contributed by atoms with van der Waals surface area (Å²) in [6.07, 6.45) is 4.33. The normalized spacial score (nSPS) is 12.3. The third-order valence-corrected chi connectivity index (χ3v) is 4.24. The number of aromatic nitrogens is 3. The molecule has 0 amide bonds. The highest BCUT2D eigenvalue weighted by molar-refractivity contribution is 5.87. The van der Waals surface area contributed by atoms with Crippen LogP contribution in [0.1, 0.15) is 34.3 Å². The van der Waals surface area contributed by atoms with Crippen LogP contribution in [0.5, 0.6) is 0 Å². The zero-order chi connectivity index (χ0) is 18.5. The molecule has 0 bridgehead atoms. The van der Waals surface area contributed by atoms with Crippen LogP contribution in [0.4, 0.5) is 0 Å². The van der Waals surface area contributed by atoms with E-state index in [2.05, 4.69) is 10.1 Å². The highest BCUT2D eigenvalue weighted by atomic mass is 16.5. The molecular formula is C21H21N3O2. The number of nitrogens with zero attached hydrogens (tertiary/aromatic N) is 3. The van der Waals surface area contributed by atoms with Crippen molar-refractivity contribution < 1.29 is 9.53 Å². The molecule has 5 heteroatoms. The van der Waals surface area contributed by atoms with Crippen molar-refractivity contribution >= 4 is 12.0 Å². The van der Waals surface area contributed by atoms with Gasteiger partial charge in [0.15, 0.2) is 6.10 Å². The predicted octanol–water partition coefficient (Wildman–Crippen LogP) is 3.78. The Bertz CT molecular complexity index is 876. The molecule has 3 rings (SSSR count). The summed E-state index contributed by atoms with van der Waals surface area (Å²) >= 11 is 0. The van der Waals surface area contributed by atoms with E-state index < -0.39 is 12.1 Å². The Kier molecular flexibility index (Phi) is 5.27. The standard InChI is InChI=1S/C21H21N3O2/c1-15-18(16(2)24(3)23-15)12-13-20(25)26-21(17-9-5-4-6-10-17)19-11-7-8-14-22-19/h4-14,21H,1-3H3/b13-12-/t21-/m1/s1. The van der Waals surface area contributed by atoms with Crippen molar-refractivity contribution in [3.63, 3.8) is 0 Å². The van der Waals surface area contributed by atoms with Crippen LogP contribution >= 0.6 is 0 Å². The fourth-order valence-electron chi connectivity index (χ4n) is 2.80. The van der Waals surface area contributed by atoms with Gasteiger partial charge in [0.25, 0.3) is 0 Å². The molecule has 0 aliphatic heterocycles. The molecule has 0 spiro atoms. The van der Waals surface area contributed by atoms with E-state index in [9.17, 15) is 4.79 Å². The quantitative estimate of drug-likeness (QED) is 0.521. The van der Waals surface area contributed by atoms with Crippen LogP contribution < -0.4 is 0 Å². The van der Waals surface area contributed by atoms with Gasteiger partial charge in [0.2, 0.25) is 0 Å². The predicted molar refractivity (Wildman–Crippen MR) is 100 cm³/mol. The van der Waals surface area contributed by atoms with Gasteiger partial charge in [-0.1, -0.05) is 36.4 Å². The number of hydrogen-bond acceptors (Lipinski definition) is 4. The van der Waals surface area contributed by atoms with Gasteiger partial charge >= 0.3 is 5.97 Å². The second kappa shape index (κ2) is 7.78. The minimum absolute atomic E-state index is 0.424. The van der Waals surface area contributed by atoms with Crippen LogP contribution in [0, 0.1) is 13.8 Å². The van der Waals surface area contributed by atoms with Crippen molar-refractivity contribution in [3.8, 4) is 0 Å². The summed E-state index contributed by atoms with van der Waals surface area (Å²) in [7, 11) is 1.88. The molecule has 1 atom stereocenters. The van der Waals surface area contributed by atoms with E-state index in [0.29, 0.717) is 5.69 Å². The Morgan fingerprint density at radius 3 is 2.46 bits per heavy atom. The molecule has 5 nitrogen and oxygen atoms in total. The molecule has 0 radical (unpaired) electrons. The van der Waals surface area contributed by atoms with E-state index in [4.69, 9.17) is 4.74 Å². The maximum Gasteiger partial charge on any atom is 0.331 e. The molecule has 0 aliphatic rings. The topological polar surface area (TPSA) is 57.0 Å². The molecule has 0 saturated heterocycles. The number of carbonyl (C=O) groups excluding carboxylic acids is 1. The Hall–Kier alpha value is -3.21. The fraction of sp³-hybridized carbons (Fsp3) is 0.190. The summed E-state index contributed by atoms with van der Waals surface area (Å²) in [6.45, 7) is 3.88. The summed E-state index contributed by atoms with van der Waals surface area (Å²) in [4.78, 5) is 16.8. The SMILES string of the molecule is Cc1nn(C)c(C)c1/C=C\C(=O)O[C@H](c1ccccc1)c1ccccn1. The number of carbonyl (C=O) groups is 1. The van der Waals surface area contributed by atoms with E-state index >= 15 is 0 Å². The Morgan fingerprint density at radius 2 is 1.85 bits per heavy atom. The second-order valence-corrected chi connectivity index (χ2v) is 6.02. The smallest absolute Gasteiger partial charge is 0.331 e. The molecule has 1 aromatic carbocycles. The van der Waals surface area contributed by atoms with Gasteiger partial charge in [-0.05, 0) is 37.6 Å². The molecule has 0 N–H and O–H groups in total. The average molecular weight is 347 g/mol. The fourth-order valence-corrected chi connectivity index (χ4v) is 2.80. The van der Waals surface area contributed by atoms with Crippen molar-refractivity contribution in [1.82, 2.24) is 14.8 Å². The molecule has 132 valence electrons. The second-order valence-electron chi connectivity index (χ2n) is 6.02. The van der Waals surface area contributed by atoms with Crippen molar-refractivity contribution in [2.45, 2.75) is 20.0 Å². The first-order valence-corrected chi connectivity index (χ1v) is 8.41. The van der Waals surface area contributed by atoms with Gasteiger partial charge in [0.05, 0.1) is 11.4 Å². The van der Waals surface area contributed by atoms with Crippen LogP contribution in [-0.4, -0.2) is 20.7 Å². The van der Waals surface area contributed by atoms with E-state index in [1.165, 1.54) is 6.08 Å². The molecule has 2 aromatic heterocycles. The Labute approximate surface area is 153 Å². The van der Waals surface area contributed by atoms with Crippen molar-refractivity contribution in [2.75, 3.05) is 0 Å². The minimum atomic E-state index is -0.550. The number of hydrogen-bond donors (Lipinski definition) is 0. The number of pyridine rings is 1. The van der Waals surface area contributed by atoms with Crippen LogP contribution in [0.2, 0.25) is 0 Å². The molecular weight excluding hydrogens is 326 g/mol. The average Bonchev–Trinajstić information content (AvgIpc) is 2.91. The highest BCUT2D eigenvalue weighted by Gasteiger charge is 2.19. The van der Waals surface area contributed by atoms with Gasteiger partial charge in [-0.25, -0.2) is 4.79 Å². The van der Waals surface area contributed by atoms with Crippen LogP contribution in [0.25, 0.3) is 6.08 Å². The van der Waals surface area contributed by atoms with Crippen LogP contribution in [-0.2, 0) is 16.6 Å². The Morgan fingerprint density at radius 1 is 1.12 bits per heavy atom. The molecule has 0 fully saturated rings. The van der Waals surface area contributed by atoms with Gasteiger partial charge in [-0.3, -0.25) is 9.67 Å². The molecule has 2 heterocycles. The molecule has 26 heavy (non-hydrogen) atoms. The van der Waals surface area contributed by atoms with E-state index in [1.807, 2.05) is 69.4 Å². The van der Waals surface area contributed by atoms with Gasteiger partial charge in [-0.2, -0.15) is 5.10 Å². The summed E-state index contributed by atoms with van der Waals surface area (Å²) in [5.41, 5.74) is 4.36. The van der Waals surface area contributed by atoms with Gasteiger partial charge < -0.3 is 4.74 Å². The molecule has 3 aromatic rings.